The Bertz CT molecular complexity index is 1160. The lowest BCUT2D eigenvalue weighted by atomic mass is 10.2. The van der Waals surface area contributed by atoms with Gasteiger partial charge < -0.3 is 19.4 Å². The molecule has 146 valence electrons. The Morgan fingerprint density at radius 3 is 2.68 bits per heavy atom. The maximum absolute atomic E-state index is 12.8. The topological polar surface area (TPSA) is 92.8 Å². The minimum atomic E-state index is -0.876. The van der Waals surface area contributed by atoms with Crippen LogP contribution in [0.4, 0.5) is 0 Å². The number of nitrogens with zero attached hydrogens (tertiary/aromatic N) is 2. The highest BCUT2D eigenvalue weighted by Gasteiger charge is 2.19. The van der Waals surface area contributed by atoms with E-state index < -0.39 is 22.6 Å². The van der Waals surface area contributed by atoms with Gasteiger partial charge in [0, 0.05) is 30.2 Å². The van der Waals surface area contributed by atoms with Crippen LogP contribution in [-0.2, 0) is 6.54 Å². The van der Waals surface area contributed by atoms with Crippen LogP contribution in [0.2, 0.25) is 5.02 Å². The summed E-state index contributed by atoms with van der Waals surface area (Å²) >= 11 is 5.97. The summed E-state index contributed by atoms with van der Waals surface area (Å²) in [6, 6.07) is 7.04. The van der Waals surface area contributed by atoms with Gasteiger partial charge in [-0.05, 0) is 23.6 Å². The average Bonchev–Trinajstić information content (AvgIpc) is 2.64. The normalized spacial score (nSPS) is 11.1. The SMILES string of the molecule is CC(C)CNC(=O)c1cn2ccn(Cc3cccc(Cl)c3)c(=O)c2c(O)c1=O. The third-order valence-electron chi connectivity index (χ3n) is 4.24. The zero-order chi connectivity index (χ0) is 20.4. The van der Waals surface area contributed by atoms with Gasteiger partial charge in [0.25, 0.3) is 11.5 Å². The molecule has 0 aliphatic heterocycles. The van der Waals surface area contributed by atoms with Crippen molar-refractivity contribution in [3.8, 4) is 5.75 Å². The van der Waals surface area contributed by atoms with Crippen molar-refractivity contribution in [3.05, 3.63) is 79.6 Å². The van der Waals surface area contributed by atoms with Crippen molar-refractivity contribution in [2.45, 2.75) is 20.4 Å². The fourth-order valence-electron chi connectivity index (χ4n) is 2.82. The molecule has 0 saturated heterocycles. The van der Waals surface area contributed by atoms with Gasteiger partial charge in [0.1, 0.15) is 5.56 Å². The van der Waals surface area contributed by atoms with E-state index in [1.54, 1.807) is 18.2 Å². The van der Waals surface area contributed by atoms with Crippen LogP contribution >= 0.6 is 11.6 Å². The number of carbonyl (C=O) groups excluding carboxylic acids is 1. The van der Waals surface area contributed by atoms with Crippen LogP contribution in [0.15, 0.2) is 52.4 Å². The molecule has 0 aliphatic rings. The largest absolute Gasteiger partial charge is 0.503 e. The number of aromatic nitrogens is 2. The second-order valence-electron chi connectivity index (χ2n) is 6.94. The van der Waals surface area contributed by atoms with E-state index in [9.17, 15) is 19.5 Å². The smallest absolute Gasteiger partial charge is 0.279 e. The first kappa shape index (κ1) is 19.7. The molecule has 0 aliphatic carbocycles. The molecule has 3 aromatic rings. The van der Waals surface area contributed by atoms with Gasteiger partial charge in [0.15, 0.2) is 11.3 Å². The number of pyridine rings is 1. The van der Waals surface area contributed by atoms with Gasteiger partial charge >= 0.3 is 0 Å². The maximum Gasteiger partial charge on any atom is 0.279 e. The van der Waals surface area contributed by atoms with Crippen molar-refractivity contribution < 1.29 is 9.90 Å². The van der Waals surface area contributed by atoms with E-state index in [1.165, 1.54) is 27.6 Å². The van der Waals surface area contributed by atoms with Crippen LogP contribution in [0.3, 0.4) is 0 Å². The second-order valence-corrected chi connectivity index (χ2v) is 7.38. The van der Waals surface area contributed by atoms with Gasteiger partial charge in [0.05, 0.1) is 6.54 Å². The van der Waals surface area contributed by atoms with Crippen LogP contribution in [0.5, 0.6) is 5.75 Å². The van der Waals surface area contributed by atoms with Crippen LogP contribution in [-0.4, -0.2) is 26.5 Å². The lowest BCUT2D eigenvalue weighted by Crippen LogP contribution is -2.33. The van der Waals surface area contributed by atoms with Crippen molar-refractivity contribution in [2.24, 2.45) is 5.92 Å². The Balaban J connectivity index is 2.05. The average molecular weight is 402 g/mol. The van der Waals surface area contributed by atoms with Crippen LogP contribution in [0.1, 0.15) is 29.8 Å². The van der Waals surface area contributed by atoms with Crippen molar-refractivity contribution in [3.63, 3.8) is 0 Å². The van der Waals surface area contributed by atoms with Gasteiger partial charge in [0.2, 0.25) is 5.43 Å². The van der Waals surface area contributed by atoms with E-state index in [0.717, 1.165) is 5.56 Å². The Labute approximate surface area is 165 Å². The number of aromatic hydroxyl groups is 1. The number of hydrogen-bond donors (Lipinski definition) is 2. The maximum atomic E-state index is 12.8. The summed E-state index contributed by atoms with van der Waals surface area (Å²) in [5.41, 5.74) is -1.03. The lowest BCUT2D eigenvalue weighted by molar-refractivity contribution is 0.0947. The monoisotopic (exact) mass is 401 g/mol. The molecule has 28 heavy (non-hydrogen) atoms. The van der Waals surface area contributed by atoms with E-state index in [4.69, 9.17) is 11.6 Å². The van der Waals surface area contributed by atoms with Gasteiger partial charge in [-0.2, -0.15) is 0 Å². The summed E-state index contributed by atoms with van der Waals surface area (Å²) in [6.45, 7) is 4.46. The lowest BCUT2D eigenvalue weighted by Gasteiger charge is -2.12. The van der Waals surface area contributed by atoms with Crippen molar-refractivity contribution in [1.82, 2.24) is 14.3 Å². The number of halogens is 1. The van der Waals surface area contributed by atoms with Crippen LogP contribution in [0.25, 0.3) is 5.52 Å². The molecule has 0 saturated carbocycles. The summed E-state index contributed by atoms with van der Waals surface area (Å²) in [7, 11) is 0. The van der Waals surface area contributed by atoms with Crippen molar-refractivity contribution >= 4 is 23.0 Å². The Kier molecular flexibility index (Phi) is 5.56. The molecule has 0 radical (unpaired) electrons. The molecule has 0 atom stereocenters. The molecule has 2 N–H and O–H groups in total. The van der Waals surface area contributed by atoms with E-state index in [2.05, 4.69) is 5.32 Å². The standard InChI is InChI=1S/C20H20ClN3O4/c1-12(2)9-22-19(27)15-11-23-6-7-24(10-13-4-3-5-14(21)8-13)20(28)16(23)18(26)17(15)25/h3-8,11-12,26H,9-10H2,1-2H3,(H,22,27). The van der Waals surface area contributed by atoms with E-state index in [-0.39, 0.29) is 23.5 Å². The predicted molar refractivity (Wildman–Crippen MR) is 107 cm³/mol. The molecule has 1 amide bonds. The quantitative estimate of drug-likeness (QED) is 0.685. The second kappa shape index (κ2) is 7.90. The summed E-state index contributed by atoms with van der Waals surface area (Å²) < 4.78 is 2.65. The van der Waals surface area contributed by atoms with E-state index >= 15 is 0 Å². The fraction of sp³-hybridized carbons (Fsp3) is 0.250. The van der Waals surface area contributed by atoms with Gasteiger partial charge in [-0.1, -0.05) is 37.6 Å². The van der Waals surface area contributed by atoms with E-state index in [1.807, 2.05) is 19.9 Å². The molecule has 0 unspecified atom stereocenters. The highest BCUT2D eigenvalue weighted by atomic mass is 35.5. The van der Waals surface area contributed by atoms with Crippen molar-refractivity contribution in [2.75, 3.05) is 6.54 Å². The fourth-order valence-corrected chi connectivity index (χ4v) is 3.03. The number of fused-ring (bicyclic) bond motifs is 1. The Morgan fingerprint density at radius 1 is 1.25 bits per heavy atom. The predicted octanol–water partition coefficient (Wildman–Crippen LogP) is 2.25. The first-order chi connectivity index (χ1) is 13.3. The first-order valence-corrected chi connectivity index (χ1v) is 9.15. The highest BCUT2D eigenvalue weighted by molar-refractivity contribution is 6.30. The summed E-state index contributed by atoms with van der Waals surface area (Å²) in [6.07, 6.45) is 4.30. The minimum Gasteiger partial charge on any atom is -0.503 e. The highest BCUT2D eigenvalue weighted by Crippen LogP contribution is 2.14. The zero-order valence-electron chi connectivity index (χ0n) is 15.5. The third kappa shape index (κ3) is 3.94. The third-order valence-corrected chi connectivity index (χ3v) is 4.47. The molecule has 8 heteroatoms. The molecule has 0 fully saturated rings. The molecule has 2 aromatic heterocycles. The van der Waals surface area contributed by atoms with Crippen molar-refractivity contribution in [1.29, 1.82) is 0 Å². The van der Waals surface area contributed by atoms with Gasteiger partial charge in [-0.25, -0.2) is 0 Å². The number of amides is 1. The molecular formula is C20H20ClN3O4. The number of benzene rings is 1. The molecule has 2 heterocycles. The minimum absolute atomic E-state index is 0.185. The zero-order valence-corrected chi connectivity index (χ0v) is 16.2. The first-order valence-electron chi connectivity index (χ1n) is 8.78. The summed E-state index contributed by atoms with van der Waals surface area (Å²) in [5, 5.41) is 13.5. The van der Waals surface area contributed by atoms with Crippen LogP contribution < -0.4 is 16.3 Å². The number of nitrogens with one attached hydrogen (secondary N) is 1. The van der Waals surface area contributed by atoms with Gasteiger partial charge in [-0.3, -0.25) is 14.4 Å². The van der Waals surface area contributed by atoms with Gasteiger partial charge in [-0.15, -0.1) is 0 Å². The molecule has 7 nitrogen and oxygen atoms in total. The number of hydrogen-bond acceptors (Lipinski definition) is 4. The molecule has 0 spiro atoms. The Hall–Kier alpha value is -3.06. The molecular weight excluding hydrogens is 382 g/mol. The summed E-state index contributed by atoms with van der Waals surface area (Å²) in [5.74, 6) is -1.13. The molecule has 0 bridgehead atoms. The number of carbonyl (C=O) groups is 1. The summed E-state index contributed by atoms with van der Waals surface area (Å²) in [4.78, 5) is 37.5. The number of rotatable bonds is 5. The molecule has 3 rings (SSSR count). The molecule has 1 aromatic carbocycles. The van der Waals surface area contributed by atoms with E-state index in [0.29, 0.717) is 11.6 Å². The Morgan fingerprint density at radius 2 is 2.00 bits per heavy atom. The van der Waals surface area contributed by atoms with Crippen LogP contribution in [0, 0.1) is 5.92 Å².